The second-order valence-electron chi connectivity index (χ2n) is 1.43. The maximum absolute atomic E-state index is 7.88. The van der Waals surface area contributed by atoms with Crippen LogP contribution in [-0.2, 0) is 0 Å². The molecule has 0 aliphatic carbocycles. The maximum Gasteiger partial charge on any atom is 0.0428 e. The molecule has 1 nitrogen and oxygen atoms in total. The van der Waals surface area contributed by atoms with Crippen molar-refractivity contribution in [2.24, 2.45) is 0 Å². The van der Waals surface area contributed by atoms with Gasteiger partial charge in [0.1, 0.15) is 0 Å². The van der Waals surface area contributed by atoms with Gasteiger partial charge in [-0.2, -0.15) is 0 Å². The van der Waals surface area contributed by atoms with Crippen LogP contribution in [0.4, 0.5) is 0 Å². The van der Waals surface area contributed by atoms with Crippen LogP contribution in [0.1, 0.15) is 47.5 Å². The average molecular weight is 134 g/mol. The Bertz CT molecular complexity index is 12.0. The molecule has 0 heterocycles. The van der Waals surface area contributed by atoms with Crippen LogP contribution in [0.25, 0.3) is 0 Å². The molecular weight excluding hydrogens is 112 g/mol. The molecule has 0 saturated carbocycles. The second-order valence-corrected chi connectivity index (χ2v) is 1.43. The standard InChI is InChI=1S/C3H8O.C3H8.C2H6/c1-2-3-4;1-3-2;1-2/h4H,2-3H2,1H3;3H2,1-2H3;1-2H3. The van der Waals surface area contributed by atoms with E-state index in [0.717, 1.165) is 6.42 Å². The summed E-state index contributed by atoms with van der Waals surface area (Å²) in [6.07, 6.45) is 2.12. The van der Waals surface area contributed by atoms with Gasteiger partial charge in [-0.3, -0.25) is 0 Å². The summed E-state index contributed by atoms with van der Waals surface area (Å²) in [7, 11) is 0. The molecule has 0 bridgehead atoms. The highest BCUT2D eigenvalue weighted by Crippen LogP contribution is 1.61. The largest absolute Gasteiger partial charge is 0.396 e. The SMILES string of the molecule is CC.CCC.CCCO. The first kappa shape index (κ1) is 16.0. The summed E-state index contributed by atoms with van der Waals surface area (Å²) in [5.41, 5.74) is 0. The molecule has 0 aromatic heterocycles. The van der Waals surface area contributed by atoms with Gasteiger partial charge >= 0.3 is 0 Å². The Morgan fingerprint density at radius 2 is 1.11 bits per heavy atom. The van der Waals surface area contributed by atoms with E-state index in [2.05, 4.69) is 13.8 Å². The van der Waals surface area contributed by atoms with Crippen molar-refractivity contribution in [2.75, 3.05) is 6.61 Å². The molecule has 0 atom stereocenters. The molecule has 0 rings (SSSR count). The topological polar surface area (TPSA) is 20.2 Å². The lowest BCUT2D eigenvalue weighted by Crippen LogP contribution is -1.69. The molecule has 0 saturated heterocycles. The number of rotatable bonds is 1. The van der Waals surface area contributed by atoms with Crippen molar-refractivity contribution >= 4 is 0 Å². The molecule has 0 aliphatic heterocycles. The van der Waals surface area contributed by atoms with Gasteiger partial charge in [0.2, 0.25) is 0 Å². The fraction of sp³-hybridized carbons (Fsp3) is 1.00. The van der Waals surface area contributed by atoms with E-state index >= 15 is 0 Å². The summed E-state index contributed by atoms with van der Waals surface area (Å²) in [4.78, 5) is 0. The molecule has 9 heavy (non-hydrogen) atoms. The lowest BCUT2D eigenvalue weighted by molar-refractivity contribution is 0.295. The maximum atomic E-state index is 7.88. The summed E-state index contributed by atoms with van der Waals surface area (Å²) in [5, 5.41) is 7.88. The van der Waals surface area contributed by atoms with E-state index < -0.39 is 0 Å². The van der Waals surface area contributed by atoms with Crippen molar-refractivity contribution in [3.63, 3.8) is 0 Å². The zero-order chi connectivity index (χ0) is 8.12. The first-order valence-electron chi connectivity index (χ1n) is 3.94. The molecule has 60 valence electrons. The quantitative estimate of drug-likeness (QED) is 0.584. The molecule has 0 aromatic rings. The van der Waals surface area contributed by atoms with E-state index in [1.54, 1.807) is 0 Å². The molecule has 1 N–H and O–H groups in total. The summed E-state index contributed by atoms with van der Waals surface area (Å²) in [6.45, 7) is 10.5. The van der Waals surface area contributed by atoms with Gasteiger partial charge in [0, 0.05) is 6.61 Å². The Morgan fingerprint density at radius 3 is 1.11 bits per heavy atom. The molecule has 0 fully saturated rings. The second kappa shape index (κ2) is 44.0. The third-order valence-corrected chi connectivity index (χ3v) is 0.224. The van der Waals surface area contributed by atoms with Gasteiger partial charge in [-0.25, -0.2) is 0 Å². The van der Waals surface area contributed by atoms with Crippen LogP contribution in [0.15, 0.2) is 0 Å². The third kappa shape index (κ3) is 307. The minimum atomic E-state index is 0.319. The minimum Gasteiger partial charge on any atom is -0.396 e. The van der Waals surface area contributed by atoms with Gasteiger partial charge in [-0.1, -0.05) is 41.0 Å². The first-order chi connectivity index (χ1) is 4.33. The fourth-order valence-electron chi connectivity index (χ4n) is 0. The van der Waals surface area contributed by atoms with Crippen LogP contribution in [0.5, 0.6) is 0 Å². The van der Waals surface area contributed by atoms with E-state index in [9.17, 15) is 0 Å². The monoisotopic (exact) mass is 134 g/mol. The highest BCUT2D eigenvalue weighted by atomic mass is 16.2. The Kier molecular flexibility index (Phi) is 78.2. The predicted molar refractivity (Wildman–Crippen MR) is 44.7 cm³/mol. The third-order valence-electron chi connectivity index (χ3n) is 0.224. The van der Waals surface area contributed by atoms with Crippen LogP contribution in [0.2, 0.25) is 0 Å². The Hall–Kier alpha value is -0.0400. The molecular formula is C8H22O. The van der Waals surface area contributed by atoms with E-state index in [4.69, 9.17) is 5.11 Å². The summed E-state index contributed by atoms with van der Waals surface area (Å²) >= 11 is 0. The van der Waals surface area contributed by atoms with Gasteiger partial charge in [0.25, 0.3) is 0 Å². The summed E-state index contributed by atoms with van der Waals surface area (Å²) in [5.74, 6) is 0. The lowest BCUT2D eigenvalue weighted by atomic mass is 10.5. The summed E-state index contributed by atoms with van der Waals surface area (Å²) < 4.78 is 0. The van der Waals surface area contributed by atoms with E-state index in [1.807, 2.05) is 20.8 Å². The van der Waals surface area contributed by atoms with Crippen molar-refractivity contribution in [1.82, 2.24) is 0 Å². The van der Waals surface area contributed by atoms with E-state index in [1.165, 1.54) is 6.42 Å². The average Bonchev–Trinajstić information content (AvgIpc) is 1.94. The zero-order valence-corrected chi connectivity index (χ0v) is 7.57. The van der Waals surface area contributed by atoms with Crippen molar-refractivity contribution in [3.8, 4) is 0 Å². The minimum absolute atomic E-state index is 0.319. The van der Waals surface area contributed by atoms with Gasteiger partial charge in [-0.15, -0.1) is 0 Å². The Balaban J connectivity index is -0.0000000646. The number of aliphatic hydroxyl groups excluding tert-OH is 1. The van der Waals surface area contributed by atoms with E-state index in [0.29, 0.717) is 6.61 Å². The Morgan fingerprint density at radius 1 is 1.00 bits per heavy atom. The molecule has 0 radical (unpaired) electrons. The van der Waals surface area contributed by atoms with E-state index in [-0.39, 0.29) is 0 Å². The van der Waals surface area contributed by atoms with Crippen molar-refractivity contribution < 1.29 is 5.11 Å². The van der Waals surface area contributed by atoms with Gasteiger partial charge in [0.15, 0.2) is 0 Å². The molecule has 0 unspecified atom stereocenters. The van der Waals surface area contributed by atoms with Gasteiger partial charge < -0.3 is 5.11 Å². The van der Waals surface area contributed by atoms with Crippen LogP contribution >= 0.6 is 0 Å². The number of aliphatic hydroxyl groups is 1. The molecule has 0 spiro atoms. The van der Waals surface area contributed by atoms with Crippen LogP contribution in [0.3, 0.4) is 0 Å². The van der Waals surface area contributed by atoms with Crippen LogP contribution in [-0.4, -0.2) is 11.7 Å². The first-order valence-corrected chi connectivity index (χ1v) is 3.94. The normalized spacial score (nSPS) is 6.00. The van der Waals surface area contributed by atoms with Gasteiger partial charge in [0.05, 0.1) is 0 Å². The van der Waals surface area contributed by atoms with Gasteiger partial charge in [-0.05, 0) is 6.42 Å². The fourth-order valence-corrected chi connectivity index (χ4v) is 0. The lowest BCUT2D eigenvalue weighted by Gasteiger charge is -1.69. The van der Waals surface area contributed by atoms with Crippen molar-refractivity contribution in [3.05, 3.63) is 0 Å². The molecule has 1 heteroatoms. The highest BCUT2D eigenvalue weighted by molar-refractivity contribution is 4.10. The van der Waals surface area contributed by atoms with Crippen molar-refractivity contribution in [2.45, 2.75) is 47.5 Å². The highest BCUT2D eigenvalue weighted by Gasteiger charge is 1.57. The van der Waals surface area contributed by atoms with Crippen molar-refractivity contribution in [1.29, 1.82) is 0 Å². The predicted octanol–water partition coefficient (Wildman–Crippen LogP) is 2.83. The summed E-state index contributed by atoms with van der Waals surface area (Å²) in [6, 6.07) is 0. The zero-order valence-electron chi connectivity index (χ0n) is 7.57. The smallest absolute Gasteiger partial charge is 0.0428 e. The Labute approximate surface area is 60.1 Å². The molecule has 0 aliphatic rings. The van der Waals surface area contributed by atoms with Crippen LogP contribution in [0, 0.1) is 0 Å². The van der Waals surface area contributed by atoms with Crippen LogP contribution < -0.4 is 0 Å². The number of hydrogen-bond acceptors (Lipinski definition) is 1. The number of hydrogen-bond donors (Lipinski definition) is 1. The molecule has 0 amide bonds. The molecule has 0 aromatic carbocycles.